The molecule has 0 saturated carbocycles. The molecule has 0 aliphatic rings. The molecule has 0 fully saturated rings. The molecule has 0 bridgehead atoms. The fraction of sp³-hybridized carbons (Fsp3) is 0.625. The first-order valence-electron chi connectivity index (χ1n) is 7.10. The summed E-state index contributed by atoms with van der Waals surface area (Å²) in [5.74, 6) is 2.28. The quantitative estimate of drug-likeness (QED) is 0.759. The molecule has 0 amide bonds. The highest BCUT2D eigenvalue weighted by Gasteiger charge is 2.13. The van der Waals surface area contributed by atoms with Gasteiger partial charge < -0.3 is 10.1 Å². The lowest BCUT2D eigenvalue weighted by Crippen LogP contribution is -2.32. The molecule has 2 nitrogen and oxygen atoms in total. The summed E-state index contributed by atoms with van der Waals surface area (Å²) in [7, 11) is 0. The SMILES string of the molecule is CC(C)NCC(CCOc1cccc(Br)c1)C(C)C. The van der Waals surface area contributed by atoms with Crippen LogP contribution in [-0.2, 0) is 0 Å². The Morgan fingerprint density at radius 3 is 2.53 bits per heavy atom. The summed E-state index contributed by atoms with van der Waals surface area (Å²) in [4.78, 5) is 0. The van der Waals surface area contributed by atoms with Crippen LogP contribution in [-0.4, -0.2) is 19.2 Å². The van der Waals surface area contributed by atoms with Crippen molar-refractivity contribution in [1.29, 1.82) is 0 Å². The van der Waals surface area contributed by atoms with Crippen LogP contribution in [0.4, 0.5) is 0 Å². The van der Waals surface area contributed by atoms with Gasteiger partial charge in [0, 0.05) is 10.5 Å². The number of hydrogen-bond donors (Lipinski definition) is 1. The van der Waals surface area contributed by atoms with E-state index >= 15 is 0 Å². The van der Waals surface area contributed by atoms with Gasteiger partial charge in [-0.1, -0.05) is 49.7 Å². The van der Waals surface area contributed by atoms with Crippen LogP contribution >= 0.6 is 15.9 Å². The van der Waals surface area contributed by atoms with Crippen LogP contribution in [0.15, 0.2) is 28.7 Å². The van der Waals surface area contributed by atoms with E-state index in [-0.39, 0.29) is 0 Å². The molecule has 0 aliphatic heterocycles. The zero-order chi connectivity index (χ0) is 14.3. The second-order valence-corrected chi connectivity index (χ2v) is 6.58. The molecule has 0 heterocycles. The monoisotopic (exact) mass is 327 g/mol. The van der Waals surface area contributed by atoms with Gasteiger partial charge in [0.2, 0.25) is 0 Å². The maximum atomic E-state index is 5.82. The van der Waals surface area contributed by atoms with Gasteiger partial charge in [-0.15, -0.1) is 0 Å². The first-order chi connectivity index (χ1) is 8.99. The minimum absolute atomic E-state index is 0.548. The smallest absolute Gasteiger partial charge is 0.120 e. The molecule has 0 aliphatic carbocycles. The zero-order valence-electron chi connectivity index (χ0n) is 12.4. The zero-order valence-corrected chi connectivity index (χ0v) is 14.0. The Labute approximate surface area is 126 Å². The van der Waals surface area contributed by atoms with E-state index in [1.54, 1.807) is 0 Å². The lowest BCUT2D eigenvalue weighted by Gasteiger charge is -2.22. The Morgan fingerprint density at radius 2 is 1.95 bits per heavy atom. The third-order valence-corrected chi connectivity index (χ3v) is 3.78. The Balaban J connectivity index is 2.35. The van der Waals surface area contributed by atoms with E-state index in [0.717, 1.165) is 29.8 Å². The molecule has 1 unspecified atom stereocenters. The molecule has 1 N–H and O–H groups in total. The molecule has 1 aromatic carbocycles. The van der Waals surface area contributed by atoms with Gasteiger partial charge in [0.1, 0.15) is 5.75 Å². The van der Waals surface area contributed by atoms with Gasteiger partial charge in [0.25, 0.3) is 0 Å². The van der Waals surface area contributed by atoms with Crippen LogP contribution in [0.5, 0.6) is 5.75 Å². The van der Waals surface area contributed by atoms with Crippen molar-refractivity contribution in [2.75, 3.05) is 13.2 Å². The number of ether oxygens (including phenoxy) is 1. The van der Waals surface area contributed by atoms with Crippen molar-refractivity contribution in [3.05, 3.63) is 28.7 Å². The van der Waals surface area contributed by atoms with Gasteiger partial charge >= 0.3 is 0 Å². The Kier molecular flexibility index (Phi) is 7.47. The molecule has 1 atom stereocenters. The van der Waals surface area contributed by atoms with E-state index in [1.807, 2.05) is 24.3 Å². The maximum absolute atomic E-state index is 5.82. The normalized spacial score (nSPS) is 13.0. The van der Waals surface area contributed by atoms with Crippen molar-refractivity contribution in [2.24, 2.45) is 11.8 Å². The van der Waals surface area contributed by atoms with Crippen molar-refractivity contribution in [3.8, 4) is 5.75 Å². The molecular weight excluding hydrogens is 302 g/mol. The Morgan fingerprint density at radius 1 is 1.21 bits per heavy atom. The van der Waals surface area contributed by atoms with E-state index in [1.165, 1.54) is 0 Å². The van der Waals surface area contributed by atoms with Gasteiger partial charge in [-0.25, -0.2) is 0 Å². The lowest BCUT2D eigenvalue weighted by atomic mass is 9.92. The summed E-state index contributed by atoms with van der Waals surface area (Å²) in [6.07, 6.45) is 1.09. The third kappa shape index (κ3) is 6.98. The summed E-state index contributed by atoms with van der Waals surface area (Å²) in [5.41, 5.74) is 0. The summed E-state index contributed by atoms with van der Waals surface area (Å²) in [6, 6.07) is 8.57. The molecule has 108 valence electrons. The fourth-order valence-corrected chi connectivity index (χ4v) is 2.32. The van der Waals surface area contributed by atoms with E-state index in [4.69, 9.17) is 4.74 Å². The third-order valence-electron chi connectivity index (χ3n) is 3.28. The molecule has 1 aromatic rings. The first kappa shape index (κ1) is 16.5. The van der Waals surface area contributed by atoms with Crippen LogP contribution < -0.4 is 10.1 Å². The van der Waals surface area contributed by atoms with E-state index in [2.05, 4.69) is 48.9 Å². The highest BCUT2D eigenvalue weighted by Crippen LogP contribution is 2.19. The number of benzene rings is 1. The number of hydrogen-bond acceptors (Lipinski definition) is 2. The van der Waals surface area contributed by atoms with Crippen LogP contribution in [0.2, 0.25) is 0 Å². The molecule has 3 heteroatoms. The van der Waals surface area contributed by atoms with Crippen LogP contribution in [0.1, 0.15) is 34.1 Å². The van der Waals surface area contributed by atoms with E-state index < -0.39 is 0 Å². The molecule has 0 aromatic heterocycles. The molecule has 0 radical (unpaired) electrons. The number of nitrogens with one attached hydrogen (secondary N) is 1. The minimum Gasteiger partial charge on any atom is -0.494 e. The Bertz CT molecular complexity index is 366. The second-order valence-electron chi connectivity index (χ2n) is 5.66. The van der Waals surface area contributed by atoms with Crippen molar-refractivity contribution in [2.45, 2.75) is 40.2 Å². The lowest BCUT2D eigenvalue weighted by molar-refractivity contribution is 0.241. The molecule has 0 saturated heterocycles. The van der Waals surface area contributed by atoms with Gasteiger partial charge in [-0.2, -0.15) is 0 Å². The largest absolute Gasteiger partial charge is 0.494 e. The summed E-state index contributed by atoms with van der Waals surface area (Å²) in [6.45, 7) is 10.8. The highest BCUT2D eigenvalue weighted by molar-refractivity contribution is 9.10. The summed E-state index contributed by atoms with van der Waals surface area (Å²) < 4.78 is 6.88. The van der Waals surface area contributed by atoms with Gasteiger partial charge in [0.05, 0.1) is 6.61 Å². The van der Waals surface area contributed by atoms with Crippen LogP contribution in [0.25, 0.3) is 0 Å². The minimum atomic E-state index is 0.548. The Hall–Kier alpha value is -0.540. The average molecular weight is 328 g/mol. The van der Waals surface area contributed by atoms with Gasteiger partial charge in [-0.3, -0.25) is 0 Å². The van der Waals surface area contributed by atoms with Crippen molar-refractivity contribution >= 4 is 15.9 Å². The summed E-state index contributed by atoms with van der Waals surface area (Å²) >= 11 is 3.46. The second kappa shape index (κ2) is 8.60. The molecule has 0 spiro atoms. The van der Waals surface area contributed by atoms with Gasteiger partial charge in [0.15, 0.2) is 0 Å². The maximum Gasteiger partial charge on any atom is 0.120 e. The fourth-order valence-electron chi connectivity index (χ4n) is 1.94. The van der Waals surface area contributed by atoms with Crippen molar-refractivity contribution in [3.63, 3.8) is 0 Å². The predicted octanol–water partition coefficient (Wildman–Crippen LogP) is 4.49. The average Bonchev–Trinajstić information content (AvgIpc) is 2.32. The molecule has 1 rings (SSSR count). The number of halogens is 1. The molecule has 19 heavy (non-hydrogen) atoms. The van der Waals surface area contributed by atoms with Crippen LogP contribution in [0.3, 0.4) is 0 Å². The van der Waals surface area contributed by atoms with Crippen molar-refractivity contribution < 1.29 is 4.74 Å². The highest BCUT2D eigenvalue weighted by atomic mass is 79.9. The number of rotatable bonds is 8. The van der Waals surface area contributed by atoms with E-state index in [9.17, 15) is 0 Å². The van der Waals surface area contributed by atoms with Crippen molar-refractivity contribution in [1.82, 2.24) is 5.32 Å². The summed E-state index contributed by atoms with van der Waals surface area (Å²) in [5, 5.41) is 3.52. The van der Waals surface area contributed by atoms with Crippen LogP contribution in [0, 0.1) is 11.8 Å². The predicted molar refractivity (Wildman–Crippen MR) is 85.7 cm³/mol. The first-order valence-corrected chi connectivity index (χ1v) is 7.90. The molecular formula is C16H26BrNO. The topological polar surface area (TPSA) is 21.3 Å². The standard InChI is InChI=1S/C16H26BrNO/c1-12(2)14(11-18-13(3)4)8-9-19-16-7-5-6-15(17)10-16/h5-7,10,12-14,18H,8-9,11H2,1-4H3. The van der Waals surface area contributed by atoms with E-state index in [0.29, 0.717) is 17.9 Å². The van der Waals surface area contributed by atoms with Gasteiger partial charge in [-0.05, 0) is 43.0 Å².